The summed E-state index contributed by atoms with van der Waals surface area (Å²) >= 11 is 0. The van der Waals surface area contributed by atoms with E-state index in [2.05, 4.69) is 4.99 Å². The van der Waals surface area contributed by atoms with Crippen LogP contribution >= 0.6 is 0 Å². The Hall–Kier alpha value is -2.95. The van der Waals surface area contributed by atoms with Gasteiger partial charge in [-0.25, -0.2) is 14.2 Å². The molecule has 0 unspecified atom stereocenters. The van der Waals surface area contributed by atoms with Gasteiger partial charge in [-0.05, 0) is 48.0 Å². The zero-order valence-electron chi connectivity index (χ0n) is 11.7. The fourth-order valence-electron chi connectivity index (χ4n) is 1.98. The number of nitrogens with zero attached hydrogens (tertiary/aromatic N) is 1. The van der Waals surface area contributed by atoms with E-state index in [0.717, 1.165) is 0 Å². The third-order valence-electron chi connectivity index (χ3n) is 3.13. The first-order chi connectivity index (χ1) is 10.7. The van der Waals surface area contributed by atoms with Crippen LogP contribution in [0.1, 0.15) is 11.1 Å². The maximum absolute atomic E-state index is 12.9. The molecule has 0 fully saturated rings. The molecular formula is C17H12FNO3. The monoisotopic (exact) mass is 297 g/mol. The van der Waals surface area contributed by atoms with Crippen LogP contribution in [0.2, 0.25) is 0 Å². The molecule has 4 nitrogen and oxygen atoms in total. The van der Waals surface area contributed by atoms with Crippen molar-refractivity contribution < 1.29 is 18.7 Å². The topological polar surface area (TPSA) is 47.9 Å². The van der Waals surface area contributed by atoms with E-state index >= 15 is 0 Å². The van der Waals surface area contributed by atoms with Gasteiger partial charge in [0, 0.05) is 5.56 Å². The molecule has 0 saturated heterocycles. The summed E-state index contributed by atoms with van der Waals surface area (Å²) in [6, 6.07) is 12.8. The highest BCUT2D eigenvalue weighted by Gasteiger charge is 2.24. The predicted molar refractivity (Wildman–Crippen MR) is 80.0 cm³/mol. The Morgan fingerprint density at radius 3 is 2.41 bits per heavy atom. The standard InChI is InChI=1S/C17H12FNO3/c1-21-14-8-4-12(5-9-14)16-19-15(17(20)22-16)10-11-2-6-13(18)7-3-11/h2-10H,1H3/b15-10+. The van der Waals surface area contributed by atoms with Crippen molar-refractivity contribution in [3.8, 4) is 5.75 Å². The molecule has 5 heteroatoms. The van der Waals surface area contributed by atoms with Crippen LogP contribution in [-0.4, -0.2) is 19.0 Å². The Morgan fingerprint density at radius 2 is 1.77 bits per heavy atom. The van der Waals surface area contributed by atoms with Gasteiger partial charge in [0.15, 0.2) is 5.70 Å². The van der Waals surface area contributed by atoms with Crippen molar-refractivity contribution in [1.82, 2.24) is 0 Å². The summed E-state index contributed by atoms with van der Waals surface area (Å²) in [5.74, 6) is 0.0745. The van der Waals surface area contributed by atoms with E-state index in [1.165, 1.54) is 12.1 Å². The lowest BCUT2D eigenvalue weighted by atomic mass is 10.2. The summed E-state index contributed by atoms with van der Waals surface area (Å²) in [7, 11) is 1.58. The van der Waals surface area contributed by atoms with Crippen LogP contribution in [0.4, 0.5) is 4.39 Å². The summed E-state index contributed by atoms with van der Waals surface area (Å²) in [4.78, 5) is 16.0. The molecule has 1 heterocycles. The lowest BCUT2D eigenvalue weighted by Crippen LogP contribution is -2.05. The Kier molecular flexibility index (Phi) is 3.70. The lowest BCUT2D eigenvalue weighted by Gasteiger charge is -2.01. The molecular weight excluding hydrogens is 285 g/mol. The second-order valence-electron chi connectivity index (χ2n) is 4.62. The molecule has 0 spiro atoms. The van der Waals surface area contributed by atoms with Gasteiger partial charge in [0.25, 0.3) is 0 Å². The maximum Gasteiger partial charge on any atom is 0.363 e. The van der Waals surface area contributed by atoms with E-state index in [1.807, 2.05) is 0 Å². The highest BCUT2D eigenvalue weighted by atomic mass is 19.1. The highest BCUT2D eigenvalue weighted by molar-refractivity contribution is 6.12. The maximum atomic E-state index is 12.9. The predicted octanol–water partition coefficient (Wildman–Crippen LogP) is 3.18. The van der Waals surface area contributed by atoms with Crippen molar-refractivity contribution in [3.63, 3.8) is 0 Å². The summed E-state index contributed by atoms with van der Waals surface area (Å²) in [5.41, 5.74) is 1.53. The first-order valence-electron chi connectivity index (χ1n) is 6.58. The fraction of sp³-hybridized carbons (Fsp3) is 0.0588. The number of benzene rings is 2. The first-order valence-corrected chi connectivity index (χ1v) is 6.58. The number of hydrogen-bond acceptors (Lipinski definition) is 4. The smallest absolute Gasteiger partial charge is 0.363 e. The van der Waals surface area contributed by atoms with Gasteiger partial charge in [-0.2, -0.15) is 0 Å². The van der Waals surface area contributed by atoms with Gasteiger partial charge in [-0.15, -0.1) is 0 Å². The Labute approximate surface area is 126 Å². The molecule has 22 heavy (non-hydrogen) atoms. The molecule has 1 aliphatic heterocycles. The second kappa shape index (κ2) is 5.81. The number of methoxy groups -OCH3 is 1. The normalized spacial score (nSPS) is 15.6. The molecule has 0 amide bonds. The van der Waals surface area contributed by atoms with Crippen LogP contribution in [0.3, 0.4) is 0 Å². The zero-order chi connectivity index (χ0) is 15.5. The number of halogens is 1. The van der Waals surface area contributed by atoms with Crippen LogP contribution in [0.5, 0.6) is 5.75 Å². The summed E-state index contributed by atoms with van der Waals surface area (Å²) < 4.78 is 23.1. The fourth-order valence-corrected chi connectivity index (χ4v) is 1.98. The largest absolute Gasteiger partial charge is 0.497 e. The number of rotatable bonds is 3. The molecule has 110 valence electrons. The van der Waals surface area contributed by atoms with Crippen molar-refractivity contribution in [2.45, 2.75) is 0 Å². The van der Waals surface area contributed by atoms with Crippen molar-refractivity contribution >= 4 is 17.9 Å². The van der Waals surface area contributed by atoms with Crippen molar-refractivity contribution in [1.29, 1.82) is 0 Å². The molecule has 0 aromatic heterocycles. The molecule has 2 aromatic rings. The van der Waals surface area contributed by atoms with Gasteiger partial charge in [-0.3, -0.25) is 0 Å². The van der Waals surface area contributed by atoms with Gasteiger partial charge in [0.05, 0.1) is 7.11 Å². The summed E-state index contributed by atoms with van der Waals surface area (Å²) in [6.07, 6.45) is 1.55. The highest BCUT2D eigenvalue weighted by Crippen LogP contribution is 2.20. The van der Waals surface area contributed by atoms with Gasteiger partial charge in [0.1, 0.15) is 11.6 Å². The number of ether oxygens (including phenoxy) is 2. The average Bonchev–Trinajstić information content (AvgIpc) is 2.91. The Balaban J connectivity index is 1.88. The molecule has 0 bridgehead atoms. The van der Waals surface area contributed by atoms with Crippen LogP contribution in [-0.2, 0) is 9.53 Å². The van der Waals surface area contributed by atoms with Crippen LogP contribution in [0.15, 0.2) is 59.2 Å². The van der Waals surface area contributed by atoms with Crippen LogP contribution < -0.4 is 4.74 Å². The minimum atomic E-state index is -0.532. The molecule has 0 radical (unpaired) electrons. The third kappa shape index (κ3) is 2.88. The van der Waals surface area contributed by atoms with Gasteiger partial charge in [0.2, 0.25) is 5.90 Å². The van der Waals surface area contributed by atoms with E-state index in [0.29, 0.717) is 16.9 Å². The quantitative estimate of drug-likeness (QED) is 0.646. The van der Waals surface area contributed by atoms with Crippen LogP contribution in [0, 0.1) is 5.82 Å². The zero-order valence-corrected chi connectivity index (χ0v) is 11.7. The number of hydrogen-bond donors (Lipinski definition) is 0. The van der Waals surface area contributed by atoms with E-state index in [-0.39, 0.29) is 17.4 Å². The molecule has 1 aliphatic rings. The Morgan fingerprint density at radius 1 is 1.09 bits per heavy atom. The molecule has 0 aliphatic carbocycles. The first kappa shape index (κ1) is 14.0. The SMILES string of the molecule is COc1ccc(C2=N/C(=C/c3ccc(F)cc3)C(=O)O2)cc1. The van der Waals surface area contributed by atoms with E-state index in [4.69, 9.17) is 9.47 Å². The average molecular weight is 297 g/mol. The molecule has 2 aromatic carbocycles. The number of esters is 1. The molecule has 0 atom stereocenters. The summed E-state index contributed by atoms with van der Waals surface area (Å²) in [5, 5.41) is 0. The number of cyclic esters (lactones) is 1. The van der Waals surface area contributed by atoms with Crippen molar-refractivity contribution in [2.24, 2.45) is 4.99 Å². The number of carbonyl (C=O) groups is 1. The summed E-state index contributed by atoms with van der Waals surface area (Å²) in [6.45, 7) is 0. The molecule has 0 saturated carbocycles. The minimum absolute atomic E-state index is 0.178. The Bertz CT molecular complexity index is 761. The number of aliphatic imine (C=N–C) groups is 1. The van der Waals surface area contributed by atoms with Crippen LogP contribution in [0.25, 0.3) is 6.08 Å². The minimum Gasteiger partial charge on any atom is -0.497 e. The van der Waals surface area contributed by atoms with E-state index in [9.17, 15) is 9.18 Å². The number of carbonyl (C=O) groups excluding carboxylic acids is 1. The van der Waals surface area contributed by atoms with Gasteiger partial charge >= 0.3 is 5.97 Å². The lowest BCUT2D eigenvalue weighted by molar-refractivity contribution is -0.129. The second-order valence-corrected chi connectivity index (χ2v) is 4.62. The third-order valence-corrected chi connectivity index (χ3v) is 3.13. The van der Waals surface area contributed by atoms with E-state index in [1.54, 1.807) is 49.6 Å². The van der Waals surface area contributed by atoms with E-state index < -0.39 is 5.97 Å². The molecule has 3 rings (SSSR count). The van der Waals surface area contributed by atoms with Crippen molar-refractivity contribution in [3.05, 3.63) is 71.2 Å². The van der Waals surface area contributed by atoms with Crippen molar-refractivity contribution in [2.75, 3.05) is 7.11 Å². The van der Waals surface area contributed by atoms with Gasteiger partial charge in [-0.1, -0.05) is 12.1 Å². The van der Waals surface area contributed by atoms with Gasteiger partial charge < -0.3 is 9.47 Å². The molecule has 0 N–H and O–H groups in total.